The Morgan fingerprint density at radius 2 is 1.83 bits per heavy atom. The van der Waals surface area contributed by atoms with Crippen molar-refractivity contribution >= 4 is 29.5 Å². The number of fused-ring (bicyclic) bond motifs is 3. The molecule has 2 aromatic rings. The van der Waals surface area contributed by atoms with Crippen molar-refractivity contribution in [2.75, 3.05) is 6.54 Å². The third kappa shape index (κ3) is 5.04. The maximum atomic E-state index is 13.6. The number of aliphatic carboxylic acids is 1. The Bertz CT molecular complexity index is 1150. The van der Waals surface area contributed by atoms with E-state index in [1.165, 1.54) is 12.1 Å². The zero-order valence-electron chi connectivity index (χ0n) is 19.8. The molecule has 4 heterocycles. The van der Waals surface area contributed by atoms with Gasteiger partial charge in [0, 0.05) is 36.7 Å². The smallest absolute Gasteiger partial charge is 0.318 e. The van der Waals surface area contributed by atoms with Crippen molar-refractivity contribution in [1.82, 2.24) is 24.9 Å². The molecule has 0 radical (unpaired) electrons. The second kappa shape index (κ2) is 10.1. The van der Waals surface area contributed by atoms with Gasteiger partial charge in [-0.3, -0.25) is 14.3 Å². The van der Waals surface area contributed by atoms with E-state index < -0.39 is 17.7 Å². The molecule has 9 nitrogen and oxygen atoms in total. The van der Waals surface area contributed by atoms with E-state index in [0.29, 0.717) is 50.2 Å². The monoisotopic (exact) mass is 517 g/mol. The molecule has 1 aromatic heterocycles. The van der Waals surface area contributed by atoms with Gasteiger partial charge in [0.25, 0.3) is 5.91 Å². The normalized spacial score (nSPS) is 23.6. The quantitative estimate of drug-likeness (QED) is 0.643. The number of carbonyl (C=O) groups excluding carboxylic acids is 2. The zero-order chi connectivity index (χ0) is 25.4. The Morgan fingerprint density at radius 3 is 2.53 bits per heavy atom. The summed E-state index contributed by atoms with van der Waals surface area (Å²) in [5.41, 5.74) is 1.68. The molecule has 192 valence electrons. The SMILES string of the molecule is O=C(O)C1CC2CCCC(C1)N2C(=O)c1cc2n(n1)CCCN(C(=O)NCc1cc(F)cc(Cl)c1)C2. The van der Waals surface area contributed by atoms with Crippen LogP contribution >= 0.6 is 11.6 Å². The predicted octanol–water partition coefficient (Wildman–Crippen LogP) is 3.65. The van der Waals surface area contributed by atoms with Crippen LogP contribution in [-0.2, 0) is 24.4 Å². The van der Waals surface area contributed by atoms with Gasteiger partial charge in [-0.25, -0.2) is 9.18 Å². The van der Waals surface area contributed by atoms with Crippen molar-refractivity contribution in [3.05, 3.63) is 52.1 Å². The number of rotatable bonds is 4. The molecular formula is C25H29ClFN5O4. The van der Waals surface area contributed by atoms with Gasteiger partial charge in [-0.05, 0) is 68.4 Å². The maximum absolute atomic E-state index is 13.6. The van der Waals surface area contributed by atoms with Crippen LogP contribution in [0.15, 0.2) is 24.3 Å². The van der Waals surface area contributed by atoms with Gasteiger partial charge in [-0.2, -0.15) is 5.10 Å². The lowest BCUT2D eigenvalue weighted by molar-refractivity contribution is -0.145. The fraction of sp³-hybridized carbons (Fsp3) is 0.520. The number of halogens is 2. The molecule has 2 N–H and O–H groups in total. The lowest BCUT2D eigenvalue weighted by Crippen LogP contribution is -2.55. The first-order valence-corrected chi connectivity index (χ1v) is 12.8. The number of piperidine rings is 2. The number of hydrogen-bond donors (Lipinski definition) is 2. The van der Waals surface area contributed by atoms with Crippen molar-refractivity contribution in [2.24, 2.45) is 5.92 Å². The molecule has 0 aliphatic carbocycles. The van der Waals surface area contributed by atoms with Crippen LogP contribution in [-0.4, -0.2) is 61.2 Å². The summed E-state index contributed by atoms with van der Waals surface area (Å²) in [5.74, 6) is -1.81. The number of nitrogens with zero attached hydrogens (tertiary/aromatic N) is 4. The highest BCUT2D eigenvalue weighted by molar-refractivity contribution is 6.30. The summed E-state index contributed by atoms with van der Waals surface area (Å²) < 4.78 is 15.4. The van der Waals surface area contributed by atoms with Crippen LogP contribution in [0.1, 0.15) is 60.3 Å². The summed E-state index contributed by atoms with van der Waals surface area (Å²) in [6.45, 7) is 1.55. The number of carbonyl (C=O) groups is 3. The molecule has 2 fully saturated rings. The van der Waals surface area contributed by atoms with E-state index in [9.17, 15) is 23.9 Å². The first-order valence-electron chi connectivity index (χ1n) is 12.4. The zero-order valence-corrected chi connectivity index (χ0v) is 20.6. The van der Waals surface area contributed by atoms with E-state index in [1.54, 1.807) is 21.7 Å². The lowest BCUT2D eigenvalue weighted by Gasteiger charge is -2.47. The van der Waals surface area contributed by atoms with Crippen LogP contribution < -0.4 is 5.32 Å². The lowest BCUT2D eigenvalue weighted by atomic mass is 9.78. The van der Waals surface area contributed by atoms with Crippen LogP contribution in [0.4, 0.5) is 9.18 Å². The summed E-state index contributed by atoms with van der Waals surface area (Å²) in [6, 6.07) is 5.45. The Labute approximate surface area is 213 Å². The molecule has 2 saturated heterocycles. The number of nitrogens with one attached hydrogen (secondary N) is 1. The van der Waals surface area contributed by atoms with E-state index in [2.05, 4.69) is 10.4 Å². The van der Waals surface area contributed by atoms with E-state index in [0.717, 1.165) is 25.0 Å². The predicted molar refractivity (Wildman–Crippen MR) is 129 cm³/mol. The van der Waals surface area contributed by atoms with Crippen LogP contribution in [0, 0.1) is 11.7 Å². The standard InChI is InChI=1S/C25H29ClFN5O4/c26-17-7-15(8-18(27)11-17)13-28-25(36)30-5-2-6-31-21(14-30)12-22(29-31)23(33)32-19-3-1-4-20(32)10-16(9-19)24(34)35/h7-8,11-12,16,19-20H,1-6,9-10,13-14H2,(H,28,36)(H,34,35). The van der Waals surface area contributed by atoms with Gasteiger partial charge in [-0.15, -0.1) is 0 Å². The van der Waals surface area contributed by atoms with Gasteiger partial charge in [0.05, 0.1) is 18.2 Å². The highest BCUT2D eigenvalue weighted by Gasteiger charge is 2.43. The van der Waals surface area contributed by atoms with Gasteiger partial charge in [0.1, 0.15) is 5.82 Å². The second-order valence-electron chi connectivity index (χ2n) is 9.91. The maximum Gasteiger partial charge on any atom is 0.318 e. The molecule has 2 unspecified atom stereocenters. The summed E-state index contributed by atoms with van der Waals surface area (Å²) in [4.78, 5) is 41.4. The van der Waals surface area contributed by atoms with Gasteiger partial charge >= 0.3 is 12.0 Å². The number of benzene rings is 1. The molecule has 0 spiro atoms. The summed E-state index contributed by atoms with van der Waals surface area (Å²) in [6.07, 6.45) is 4.26. The fourth-order valence-corrected chi connectivity index (χ4v) is 6.03. The van der Waals surface area contributed by atoms with Crippen molar-refractivity contribution in [2.45, 2.75) is 70.2 Å². The van der Waals surface area contributed by atoms with Crippen molar-refractivity contribution in [3.63, 3.8) is 0 Å². The third-order valence-corrected chi connectivity index (χ3v) is 7.66. The molecule has 2 atom stereocenters. The number of aryl methyl sites for hydroxylation is 1. The van der Waals surface area contributed by atoms with E-state index in [1.807, 2.05) is 4.90 Å². The van der Waals surface area contributed by atoms with Crippen LogP contribution in [0.2, 0.25) is 5.02 Å². The summed E-state index contributed by atoms with van der Waals surface area (Å²) >= 11 is 5.90. The highest BCUT2D eigenvalue weighted by atomic mass is 35.5. The summed E-state index contributed by atoms with van der Waals surface area (Å²) in [7, 11) is 0. The van der Waals surface area contributed by atoms with E-state index in [-0.39, 0.29) is 35.6 Å². The van der Waals surface area contributed by atoms with Gasteiger partial charge in [-0.1, -0.05) is 11.6 Å². The summed E-state index contributed by atoms with van der Waals surface area (Å²) in [5, 5.41) is 17.1. The van der Waals surface area contributed by atoms with E-state index >= 15 is 0 Å². The van der Waals surface area contributed by atoms with Crippen LogP contribution in [0.25, 0.3) is 0 Å². The molecule has 3 aliphatic rings. The first-order chi connectivity index (χ1) is 17.3. The van der Waals surface area contributed by atoms with Gasteiger partial charge in [0.2, 0.25) is 0 Å². The van der Waals surface area contributed by atoms with E-state index in [4.69, 9.17) is 11.6 Å². The highest BCUT2D eigenvalue weighted by Crippen LogP contribution is 2.38. The average molecular weight is 518 g/mol. The average Bonchev–Trinajstić information content (AvgIpc) is 3.11. The van der Waals surface area contributed by atoms with Gasteiger partial charge in [0.15, 0.2) is 5.69 Å². The minimum Gasteiger partial charge on any atom is -0.481 e. The topological polar surface area (TPSA) is 108 Å². The molecule has 5 rings (SSSR count). The Hall–Kier alpha value is -3.14. The molecule has 1 aromatic carbocycles. The Balaban J connectivity index is 1.26. The van der Waals surface area contributed by atoms with Crippen molar-refractivity contribution in [1.29, 1.82) is 0 Å². The molecule has 3 aliphatic heterocycles. The van der Waals surface area contributed by atoms with Crippen LogP contribution in [0.3, 0.4) is 0 Å². The first kappa shape index (κ1) is 24.5. The van der Waals surface area contributed by atoms with Crippen molar-refractivity contribution in [3.8, 4) is 0 Å². The molecular weight excluding hydrogens is 489 g/mol. The molecule has 36 heavy (non-hydrogen) atoms. The molecule has 3 amide bonds. The largest absolute Gasteiger partial charge is 0.481 e. The molecule has 0 saturated carbocycles. The number of amides is 3. The molecule has 11 heteroatoms. The number of urea groups is 1. The number of hydrogen-bond acceptors (Lipinski definition) is 4. The number of carboxylic acids is 1. The number of carboxylic acid groups (broad SMARTS) is 1. The molecule has 2 bridgehead atoms. The van der Waals surface area contributed by atoms with Crippen molar-refractivity contribution < 1.29 is 23.9 Å². The minimum atomic E-state index is -0.786. The third-order valence-electron chi connectivity index (χ3n) is 7.44. The van der Waals surface area contributed by atoms with Crippen LogP contribution in [0.5, 0.6) is 0 Å². The fourth-order valence-electron chi connectivity index (χ4n) is 5.79. The Kier molecular flexibility index (Phi) is 6.87. The minimum absolute atomic E-state index is 0.0776. The second-order valence-corrected chi connectivity index (χ2v) is 10.3. The number of aromatic nitrogens is 2. The van der Waals surface area contributed by atoms with Gasteiger partial charge < -0.3 is 20.2 Å². The Morgan fingerprint density at radius 1 is 1.08 bits per heavy atom.